The quantitative estimate of drug-likeness (QED) is 0.843. The Morgan fingerprint density at radius 3 is 2.75 bits per heavy atom. The minimum Gasteiger partial charge on any atom is -0.325 e. The Bertz CT molecular complexity index is 464. The Labute approximate surface area is 101 Å². The molecule has 5 nitrogen and oxygen atoms in total. The summed E-state index contributed by atoms with van der Waals surface area (Å²) in [6.45, 7) is 0.838. The molecule has 0 atom stereocenters. The summed E-state index contributed by atoms with van der Waals surface area (Å²) < 4.78 is 24.6. The molecule has 90 valence electrons. The first-order valence-corrected chi connectivity index (χ1v) is 6.41. The molecule has 2 rings (SSSR count). The zero-order chi connectivity index (χ0) is 10.9. The van der Waals surface area contributed by atoms with Gasteiger partial charge >= 0.3 is 0 Å². The number of aromatic nitrogens is 1. The first-order chi connectivity index (χ1) is 7.13. The molecule has 1 saturated heterocycles. The van der Waals surface area contributed by atoms with Crippen LogP contribution in [0, 0.1) is 0 Å². The van der Waals surface area contributed by atoms with Crippen LogP contribution in [0.25, 0.3) is 0 Å². The van der Waals surface area contributed by atoms with Gasteiger partial charge in [-0.3, -0.25) is 4.31 Å². The van der Waals surface area contributed by atoms with E-state index >= 15 is 0 Å². The van der Waals surface area contributed by atoms with Gasteiger partial charge in [0.1, 0.15) is 5.82 Å². The van der Waals surface area contributed by atoms with Gasteiger partial charge in [-0.15, -0.1) is 12.4 Å². The number of hydrogen-bond acceptors (Lipinski definition) is 4. The summed E-state index contributed by atoms with van der Waals surface area (Å²) in [6, 6.07) is 5.26. The second-order valence-electron chi connectivity index (χ2n) is 3.43. The lowest BCUT2D eigenvalue weighted by Gasteiger charge is -2.15. The van der Waals surface area contributed by atoms with Gasteiger partial charge in [-0.2, -0.15) is 0 Å². The predicted molar refractivity (Wildman–Crippen MR) is 65.1 cm³/mol. The van der Waals surface area contributed by atoms with Crippen molar-refractivity contribution in [1.82, 2.24) is 4.98 Å². The smallest absolute Gasteiger partial charge is 0.236 e. The van der Waals surface area contributed by atoms with Gasteiger partial charge in [-0.25, -0.2) is 13.4 Å². The van der Waals surface area contributed by atoms with Crippen molar-refractivity contribution in [2.24, 2.45) is 5.73 Å². The zero-order valence-corrected chi connectivity index (χ0v) is 10.3. The minimum atomic E-state index is -3.14. The molecule has 0 amide bonds. The topological polar surface area (TPSA) is 76.3 Å². The zero-order valence-electron chi connectivity index (χ0n) is 8.67. The van der Waals surface area contributed by atoms with E-state index in [1.807, 2.05) is 0 Å². The fourth-order valence-electron chi connectivity index (χ4n) is 1.62. The van der Waals surface area contributed by atoms with Crippen molar-refractivity contribution in [3.05, 3.63) is 23.9 Å². The molecular formula is C9H14ClN3O2S. The third-order valence-electron chi connectivity index (χ3n) is 2.36. The molecular weight excluding hydrogens is 250 g/mol. The molecule has 1 aromatic rings. The molecule has 2 heterocycles. The lowest BCUT2D eigenvalue weighted by Crippen LogP contribution is -2.26. The molecule has 7 heteroatoms. The van der Waals surface area contributed by atoms with Gasteiger partial charge in [-0.05, 0) is 18.6 Å². The van der Waals surface area contributed by atoms with Crippen molar-refractivity contribution in [3.8, 4) is 0 Å². The second-order valence-corrected chi connectivity index (χ2v) is 5.45. The van der Waals surface area contributed by atoms with E-state index in [0.29, 0.717) is 31.0 Å². The van der Waals surface area contributed by atoms with Crippen molar-refractivity contribution in [2.45, 2.75) is 13.0 Å². The monoisotopic (exact) mass is 263 g/mol. The van der Waals surface area contributed by atoms with Crippen LogP contribution >= 0.6 is 12.4 Å². The number of nitrogens with zero attached hydrogens (tertiary/aromatic N) is 2. The summed E-state index contributed by atoms with van der Waals surface area (Å²) in [5.41, 5.74) is 6.16. The Morgan fingerprint density at radius 2 is 2.19 bits per heavy atom. The van der Waals surface area contributed by atoms with Gasteiger partial charge in [0.25, 0.3) is 0 Å². The highest BCUT2D eigenvalue weighted by molar-refractivity contribution is 7.93. The van der Waals surface area contributed by atoms with E-state index in [2.05, 4.69) is 4.98 Å². The van der Waals surface area contributed by atoms with E-state index in [-0.39, 0.29) is 18.2 Å². The van der Waals surface area contributed by atoms with Crippen LogP contribution in [0.1, 0.15) is 12.1 Å². The number of sulfonamides is 1. The molecule has 1 fully saturated rings. The molecule has 16 heavy (non-hydrogen) atoms. The highest BCUT2D eigenvalue weighted by Gasteiger charge is 2.29. The Morgan fingerprint density at radius 1 is 1.44 bits per heavy atom. The largest absolute Gasteiger partial charge is 0.325 e. The summed E-state index contributed by atoms with van der Waals surface area (Å²) in [5.74, 6) is 0.692. The number of anilines is 1. The van der Waals surface area contributed by atoms with E-state index in [4.69, 9.17) is 5.73 Å². The van der Waals surface area contributed by atoms with Crippen molar-refractivity contribution >= 4 is 28.2 Å². The molecule has 0 saturated carbocycles. The van der Waals surface area contributed by atoms with Crippen LogP contribution in [-0.4, -0.2) is 25.7 Å². The number of pyridine rings is 1. The summed E-state index contributed by atoms with van der Waals surface area (Å²) >= 11 is 0. The van der Waals surface area contributed by atoms with E-state index in [9.17, 15) is 8.42 Å². The number of rotatable bonds is 2. The maximum atomic E-state index is 11.6. The van der Waals surface area contributed by atoms with Crippen LogP contribution < -0.4 is 10.0 Å². The van der Waals surface area contributed by atoms with Crippen molar-refractivity contribution < 1.29 is 8.42 Å². The number of nitrogens with two attached hydrogens (primary N) is 1. The minimum absolute atomic E-state index is 0. The van der Waals surface area contributed by atoms with E-state index in [1.165, 1.54) is 4.31 Å². The highest BCUT2D eigenvalue weighted by atomic mass is 35.5. The molecule has 0 aliphatic carbocycles. The molecule has 0 bridgehead atoms. The lowest BCUT2D eigenvalue weighted by atomic mass is 10.3. The van der Waals surface area contributed by atoms with Crippen LogP contribution in [0.4, 0.5) is 5.82 Å². The average Bonchev–Trinajstić information content (AvgIpc) is 2.58. The van der Waals surface area contributed by atoms with E-state index in [1.54, 1.807) is 18.2 Å². The normalized spacial score (nSPS) is 18.2. The summed E-state index contributed by atoms with van der Waals surface area (Å²) in [6.07, 6.45) is 0.664. The molecule has 1 aliphatic rings. The highest BCUT2D eigenvalue weighted by Crippen LogP contribution is 2.21. The number of halogens is 1. The average molecular weight is 264 g/mol. The van der Waals surface area contributed by atoms with Crippen molar-refractivity contribution in [1.29, 1.82) is 0 Å². The van der Waals surface area contributed by atoms with Gasteiger partial charge in [-0.1, -0.05) is 6.07 Å². The fraction of sp³-hybridized carbons (Fsp3) is 0.444. The Balaban J connectivity index is 0.00000128. The van der Waals surface area contributed by atoms with Gasteiger partial charge in [0.2, 0.25) is 10.0 Å². The first-order valence-electron chi connectivity index (χ1n) is 4.80. The fourth-order valence-corrected chi connectivity index (χ4v) is 3.12. The van der Waals surface area contributed by atoms with Crippen LogP contribution in [0.5, 0.6) is 0 Å². The first kappa shape index (κ1) is 13.2. The van der Waals surface area contributed by atoms with Gasteiger partial charge in [0.05, 0.1) is 11.4 Å². The molecule has 1 aliphatic heterocycles. The number of hydrogen-bond donors (Lipinski definition) is 1. The van der Waals surface area contributed by atoms with Gasteiger partial charge in [0.15, 0.2) is 0 Å². The third-order valence-corrected chi connectivity index (χ3v) is 4.20. The maximum Gasteiger partial charge on any atom is 0.236 e. The standard InChI is InChI=1S/C9H13N3O2S.ClH/c10-7-8-3-1-4-9(11-8)12-5-2-6-15(12,13)14;/h1,3-4H,2,5-7,10H2;1H. The summed E-state index contributed by atoms with van der Waals surface area (Å²) in [4.78, 5) is 4.19. The predicted octanol–water partition coefficient (Wildman–Crippen LogP) is 0.502. The van der Waals surface area contributed by atoms with Crippen LogP contribution in [0.15, 0.2) is 18.2 Å². The van der Waals surface area contributed by atoms with Crippen LogP contribution in [0.2, 0.25) is 0 Å². The van der Waals surface area contributed by atoms with Crippen molar-refractivity contribution in [3.63, 3.8) is 0 Å². The molecule has 0 radical (unpaired) electrons. The van der Waals surface area contributed by atoms with Crippen molar-refractivity contribution in [2.75, 3.05) is 16.6 Å². The maximum absolute atomic E-state index is 11.6. The molecule has 2 N–H and O–H groups in total. The molecule has 0 spiro atoms. The Kier molecular flexibility index (Phi) is 4.12. The SMILES string of the molecule is Cl.NCc1cccc(N2CCCS2(=O)=O)n1. The Hall–Kier alpha value is -0.850. The van der Waals surface area contributed by atoms with E-state index < -0.39 is 10.0 Å². The van der Waals surface area contributed by atoms with Gasteiger partial charge in [0, 0.05) is 13.1 Å². The second kappa shape index (κ2) is 4.99. The molecule has 0 aromatic carbocycles. The van der Waals surface area contributed by atoms with Gasteiger partial charge < -0.3 is 5.73 Å². The van der Waals surface area contributed by atoms with Crippen LogP contribution in [-0.2, 0) is 16.6 Å². The third kappa shape index (κ3) is 2.45. The summed E-state index contributed by atoms with van der Waals surface area (Å²) in [5, 5.41) is 0. The van der Waals surface area contributed by atoms with Crippen LogP contribution in [0.3, 0.4) is 0 Å². The molecule has 0 unspecified atom stereocenters. The summed E-state index contributed by atoms with van der Waals surface area (Å²) in [7, 11) is -3.14. The van der Waals surface area contributed by atoms with E-state index in [0.717, 1.165) is 0 Å². The molecule has 1 aromatic heterocycles. The lowest BCUT2D eigenvalue weighted by molar-refractivity contribution is 0.599.